The molecule has 1 rings (SSSR count). The lowest BCUT2D eigenvalue weighted by molar-refractivity contribution is -0.0520. The van der Waals surface area contributed by atoms with Gasteiger partial charge >= 0.3 is 6.61 Å². The van der Waals surface area contributed by atoms with Gasteiger partial charge in [-0.25, -0.2) is 0 Å². The normalized spacial score (nSPS) is 11.8. The van der Waals surface area contributed by atoms with Crippen molar-refractivity contribution < 1.29 is 33.6 Å². The highest BCUT2D eigenvalue weighted by molar-refractivity contribution is 5.46. The first kappa shape index (κ1) is 17.6. The van der Waals surface area contributed by atoms with Crippen molar-refractivity contribution >= 4 is 0 Å². The average Bonchev–Trinajstić information content (AvgIpc) is 2.50. The van der Waals surface area contributed by atoms with Crippen molar-refractivity contribution in [2.45, 2.75) is 18.7 Å². The summed E-state index contributed by atoms with van der Waals surface area (Å²) >= 11 is 0. The summed E-state index contributed by atoms with van der Waals surface area (Å²) in [7, 11) is 1.32. The van der Waals surface area contributed by atoms with Crippen LogP contribution in [0.3, 0.4) is 0 Å². The Hall–Kier alpha value is -1.48. The monoisotopic (exact) mass is 307 g/mol. The molecule has 0 heterocycles. The summed E-state index contributed by atoms with van der Waals surface area (Å²) in [6.45, 7) is -4.58. The molecule has 8 heteroatoms. The zero-order valence-electron chi connectivity index (χ0n) is 11.6. The van der Waals surface area contributed by atoms with Crippen LogP contribution in [0, 0.1) is 0 Å². The molecule has 0 aliphatic heterocycles. The van der Waals surface area contributed by atoms with Crippen LogP contribution in [0.2, 0.25) is 0 Å². The summed E-state index contributed by atoms with van der Waals surface area (Å²) in [5.41, 5.74) is -0.972. The summed E-state index contributed by atoms with van der Waals surface area (Å²) in [5, 5.41) is 30.4. The molecule has 0 bridgehead atoms. The number of para-hydroxylation sites is 1. The molecular weight excluding hydrogens is 288 g/mol. The Morgan fingerprint density at radius 1 is 1.19 bits per heavy atom. The molecule has 0 aliphatic carbocycles. The van der Waals surface area contributed by atoms with Gasteiger partial charge < -0.3 is 30.1 Å². The van der Waals surface area contributed by atoms with E-state index < -0.39 is 32.0 Å². The van der Waals surface area contributed by atoms with Gasteiger partial charge in [0.25, 0.3) is 0 Å². The maximum Gasteiger partial charge on any atom is 0.387 e. The van der Waals surface area contributed by atoms with Gasteiger partial charge in [-0.1, -0.05) is 12.1 Å². The first-order chi connectivity index (χ1) is 10.0. The minimum atomic E-state index is -3.02. The number of halogens is 2. The average molecular weight is 307 g/mol. The summed E-state index contributed by atoms with van der Waals surface area (Å²) in [5.74, 6) is 0.00224. The van der Waals surface area contributed by atoms with E-state index >= 15 is 0 Å². The van der Waals surface area contributed by atoms with Gasteiger partial charge in [-0.2, -0.15) is 8.78 Å². The molecule has 0 unspecified atom stereocenters. The molecule has 0 saturated carbocycles. The van der Waals surface area contributed by atoms with Crippen molar-refractivity contribution in [2.75, 3.05) is 26.9 Å². The minimum Gasteiger partial charge on any atom is -0.493 e. The van der Waals surface area contributed by atoms with Crippen LogP contribution in [-0.2, 0) is 6.54 Å². The van der Waals surface area contributed by atoms with E-state index in [1.807, 2.05) is 0 Å². The molecular formula is C13H19F2NO5. The highest BCUT2D eigenvalue weighted by Crippen LogP contribution is 2.32. The first-order valence-electron chi connectivity index (χ1n) is 6.20. The Balaban J connectivity index is 2.97. The number of nitrogens with one attached hydrogen (secondary N) is 1. The Kier molecular flexibility index (Phi) is 6.76. The molecule has 0 spiro atoms. The van der Waals surface area contributed by atoms with Crippen molar-refractivity contribution in [1.82, 2.24) is 5.32 Å². The lowest BCUT2D eigenvalue weighted by Crippen LogP contribution is -2.54. The van der Waals surface area contributed by atoms with Crippen LogP contribution < -0.4 is 14.8 Å². The Bertz CT molecular complexity index is 432. The van der Waals surface area contributed by atoms with Gasteiger partial charge in [0.1, 0.15) is 0 Å². The Morgan fingerprint density at radius 2 is 1.81 bits per heavy atom. The summed E-state index contributed by atoms with van der Waals surface area (Å²) < 4.78 is 34.4. The van der Waals surface area contributed by atoms with Gasteiger partial charge in [0, 0.05) is 12.1 Å². The van der Waals surface area contributed by atoms with Crippen molar-refractivity contribution in [2.24, 2.45) is 0 Å². The first-order valence-corrected chi connectivity index (χ1v) is 6.20. The molecule has 0 aliphatic rings. The van der Waals surface area contributed by atoms with Gasteiger partial charge in [0.2, 0.25) is 0 Å². The zero-order chi connectivity index (χ0) is 15.9. The number of hydrogen-bond donors (Lipinski definition) is 4. The van der Waals surface area contributed by atoms with E-state index in [0.717, 1.165) is 0 Å². The Labute approximate surface area is 120 Å². The summed E-state index contributed by atoms with van der Waals surface area (Å²) in [4.78, 5) is 0. The van der Waals surface area contributed by atoms with Crippen LogP contribution in [0.1, 0.15) is 5.56 Å². The molecule has 21 heavy (non-hydrogen) atoms. The molecule has 0 aromatic heterocycles. The van der Waals surface area contributed by atoms with Crippen LogP contribution in [0.4, 0.5) is 8.78 Å². The predicted molar refractivity (Wildman–Crippen MR) is 70.5 cm³/mol. The molecule has 1 aromatic rings. The van der Waals surface area contributed by atoms with E-state index in [0.29, 0.717) is 5.56 Å². The molecule has 0 fully saturated rings. The molecule has 0 amide bonds. The van der Waals surface area contributed by atoms with Gasteiger partial charge in [0.15, 0.2) is 11.5 Å². The third kappa shape index (κ3) is 4.50. The van der Waals surface area contributed by atoms with E-state index in [4.69, 9.17) is 4.74 Å². The van der Waals surface area contributed by atoms with Crippen LogP contribution in [0.15, 0.2) is 18.2 Å². The molecule has 120 valence electrons. The van der Waals surface area contributed by atoms with Crippen molar-refractivity contribution in [3.63, 3.8) is 0 Å². The van der Waals surface area contributed by atoms with E-state index in [1.165, 1.54) is 19.2 Å². The van der Waals surface area contributed by atoms with Crippen molar-refractivity contribution in [1.29, 1.82) is 0 Å². The van der Waals surface area contributed by atoms with Crippen LogP contribution in [-0.4, -0.2) is 54.4 Å². The topological polar surface area (TPSA) is 91.2 Å². The van der Waals surface area contributed by atoms with E-state index in [-0.39, 0.29) is 18.0 Å². The zero-order valence-corrected chi connectivity index (χ0v) is 11.6. The fourth-order valence-electron chi connectivity index (χ4n) is 1.68. The fraction of sp³-hybridized carbons (Fsp3) is 0.538. The molecule has 1 aromatic carbocycles. The number of methoxy groups -OCH3 is 1. The predicted octanol–water partition coefficient (Wildman–Crippen LogP) is 0.102. The molecule has 4 N–H and O–H groups in total. The van der Waals surface area contributed by atoms with Gasteiger partial charge in [-0.05, 0) is 6.07 Å². The lowest BCUT2D eigenvalue weighted by atomic mass is 10.0. The minimum absolute atomic E-state index is 0.0130. The maximum absolute atomic E-state index is 12.5. The number of alkyl halides is 2. The van der Waals surface area contributed by atoms with Crippen molar-refractivity contribution in [3.8, 4) is 11.5 Å². The number of hydrogen-bond acceptors (Lipinski definition) is 6. The number of aliphatic hydroxyl groups excluding tert-OH is 3. The lowest BCUT2D eigenvalue weighted by Gasteiger charge is -2.29. The Morgan fingerprint density at radius 3 is 2.29 bits per heavy atom. The SMILES string of the molecule is COc1cccc(CNC(CO)(CO)CO)c1OC(F)F. The number of ether oxygens (including phenoxy) is 2. The number of rotatable bonds is 9. The van der Waals surface area contributed by atoms with E-state index in [1.54, 1.807) is 6.07 Å². The maximum atomic E-state index is 12.5. The molecule has 0 atom stereocenters. The van der Waals surface area contributed by atoms with Crippen molar-refractivity contribution in [3.05, 3.63) is 23.8 Å². The second-order valence-corrected chi connectivity index (χ2v) is 4.44. The smallest absolute Gasteiger partial charge is 0.387 e. The van der Waals surface area contributed by atoms with Gasteiger partial charge in [-0.15, -0.1) is 0 Å². The largest absolute Gasteiger partial charge is 0.493 e. The molecule has 0 radical (unpaired) electrons. The summed E-state index contributed by atoms with van der Waals surface area (Å²) in [6, 6.07) is 4.59. The van der Waals surface area contributed by atoms with E-state index in [2.05, 4.69) is 10.1 Å². The molecule has 0 saturated heterocycles. The summed E-state index contributed by atoms with van der Waals surface area (Å²) in [6.07, 6.45) is 0. The van der Waals surface area contributed by atoms with Crippen LogP contribution >= 0.6 is 0 Å². The number of benzene rings is 1. The fourth-order valence-corrected chi connectivity index (χ4v) is 1.68. The quantitative estimate of drug-likeness (QED) is 0.517. The second kappa shape index (κ2) is 8.08. The van der Waals surface area contributed by atoms with Gasteiger partial charge in [0.05, 0.1) is 32.5 Å². The third-order valence-electron chi connectivity index (χ3n) is 3.05. The van der Waals surface area contributed by atoms with E-state index in [9.17, 15) is 24.1 Å². The third-order valence-corrected chi connectivity index (χ3v) is 3.05. The van der Waals surface area contributed by atoms with Gasteiger partial charge in [-0.3, -0.25) is 0 Å². The molecule has 6 nitrogen and oxygen atoms in total. The van der Waals surface area contributed by atoms with Crippen LogP contribution in [0.5, 0.6) is 11.5 Å². The highest BCUT2D eigenvalue weighted by atomic mass is 19.3. The second-order valence-electron chi connectivity index (χ2n) is 4.44. The highest BCUT2D eigenvalue weighted by Gasteiger charge is 2.28. The van der Waals surface area contributed by atoms with Crippen LogP contribution in [0.25, 0.3) is 0 Å². The standard InChI is InChI=1S/C13H19F2NO5/c1-20-10-4-2-3-9(11(10)21-12(14)15)5-16-13(6-17,7-18)8-19/h2-4,12,16-19H,5-8H2,1H3. The number of aliphatic hydroxyl groups is 3.